The Balaban J connectivity index is 2.30. The molecule has 0 bridgehead atoms. The van der Waals surface area contributed by atoms with E-state index in [4.69, 9.17) is 4.74 Å². The fraction of sp³-hybridized carbons (Fsp3) is 0.467. The monoisotopic (exact) mass is 292 g/mol. The summed E-state index contributed by atoms with van der Waals surface area (Å²) in [5.74, 6) is 0.393. The van der Waals surface area contributed by atoms with Crippen LogP contribution in [0.2, 0.25) is 0 Å². The van der Waals surface area contributed by atoms with Gasteiger partial charge in [0.1, 0.15) is 12.3 Å². The molecule has 1 saturated heterocycles. The minimum Gasteiger partial charge on any atom is -0.494 e. The van der Waals surface area contributed by atoms with Crippen molar-refractivity contribution >= 4 is 11.9 Å². The van der Waals surface area contributed by atoms with E-state index in [-0.39, 0.29) is 25.0 Å². The number of rotatable bonds is 5. The summed E-state index contributed by atoms with van der Waals surface area (Å²) in [5.41, 5.74) is 1.44. The molecule has 1 heterocycles. The average Bonchev–Trinajstić information content (AvgIpc) is 2.67. The molecule has 1 aliphatic heterocycles. The summed E-state index contributed by atoms with van der Waals surface area (Å²) in [6, 6.07) is 4.99. The van der Waals surface area contributed by atoms with Crippen molar-refractivity contribution in [3.8, 4) is 5.75 Å². The number of hydrogen-bond donors (Lipinski definition) is 1. The zero-order chi connectivity index (χ0) is 15.6. The van der Waals surface area contributed by atoms with E-state index in [2.05, 4.69) is 0 Å². The lowest BCUT2D eigenvalue weighted by atomic mass is 10.1. The summed E-state index contributed by atoms with van der Waals surface area (Å²) in [5, 5.41) is 9.68. The number of likely N-dealkylation sites (N-methyl/N-ethyl adjacent to an activating group) is 1. The number of carbonyl (C=O) groups excluding carboxylic acids is 2. The Hall–Kier alpha value is -2.08. The molecule has 6 heteroatoms. The van der Waals surface area contributed by atoms with Crippen molar-refractivity contribution in [1.29, 1.82) is 0 Å². The highest BCUT2D eigenvalue weighted by Gasteiger charge is 2.34. The molecule has 114 valence electrons. The minimum atomic E-state index is -0.618. The highest BCUT2D eigenvalue weighted by molar-refractivity contribution is 6.01. The van der Waals surface area contributed by atoms with Gasteiger partial charge in [0.15, 0.2) is 0 Å². The van der Waals surface area contributed by atoms with Crippen LogP contribution in [-0.2, 0) is 11.3 Å². The van der Waals surface area contributed by atoms with Crippen molar-refractivity contribution < 1.29 is 19.4 Å². The first-order chi connectivity index (χ1) is 9.93. The number of imide groups is 1. The Kier molecular flexibility index (Phi) is 4.47. The van der Waals surface area contributed by atoms with Gasteiger partial charge < -0.3 is 14.7 Å². The number of benzene rings is 1. The summed E-state index contributed by atoms with van der Waals surface area (Å²) in [7, 11) is 1.59. The van der Waals surface area contributed by atoms with Crippen molar-refractivity contribution in [1.82, 2.24) is 9.80 Å². The van der Waals surface area contributed by atoms with Crippen LogP contribution in [0.5, 0.6) is 5.75 Å². The molecule has 1 aliphatic rings. The molecule has 3 amide bonds. The number of urea groups is 1. The van der Waals surface area contributed by atoms with Gasteiger partial charge in [0.2, 0.25) is 0 Å². The van der Waals surface area contributed by atoms with E-state index in [1.807, 2.05) is 6.92 Å². The molecule has 1 N–H and O–H groups in total. The predicted octanol–water partition coefficient (Wildman–Crippen LogP) is 1.53. The number of carbonyl (C=O) groups is 2. The number of nitrogens with zero attached hydrogens (tertiary/aromatic N) is 2. The molecular formula is C15H20N2O4. The van der Waals surface area contributed by atoms with E-state index < -0.39 is 6.10 Å². The van der Waals surface area contributed by atoms with E-state index in [0.717, 1.165) is 5.56 Å². The minimum absolute atomic E-state index is 0.0961. The molecule has 1 aromatic rings. The normalized spacial score (nSPS) is 16.6. The highest BCUT2D eigenvalue weighted by atomic mass is 16.5. The first-order valence-electron chi connectivity index (χ1n) is 6.93. The third-order valence-electron chi connectivity index (χ3n) is 3.43. The van der Waals surface area contributed by atoms with E-state index in [1.54, 1.807) is 32.2 Å². The van der Waals surface area contributed by atoms with E-state index in [0.29, 0.717) is 17.9 Å². The molecule has 0 saturated carbocycles. The number of aliphatic hydroxyl groups excluding tert-OH is 1. The quantitative estimate of drug-likeness (QED) is 0.836. The lowest BCUT2D eigenvalue weighted by Gasteiger charge is -2.18. The lowest BCUT2D eigenvalue weighted by molar-refractivity contribution is -0.125. The zero-order valence-corrected chi connectivity index (χ0v) is 12.5. The van der Waals surface area contributed by atoms with Gasteiger partial charge in [-0.3, -0.25) is 9.69 Å². The zero-order valence-electron chi connectivity index (χ0n) is 12.5. The van der Waals surface area contributed by atoms with E-state index in [9.17, 15) is 14.7 Å². The highest BCUT2D eigenvalue weighted by Crippen LogP contribution is 2.26. The maximum Gasteiger partial charge on any atom is 0.327 e. The van der Waals surface area contributed by atoms with E-state index in [1.165, 1.54) is 9.80 Å². The van der Waals surface area contributed by atoms with Gasteiger partial charge in [-0.15, -0.1) is 0 Å². The van der Waals surface area contributed by atoms with Crippen LogP contribution < -0.4 is 4.74 Å². The van der Waals surface area contributed by atoms with Crippen molar-refractivity contribution in [2.45, 2.75) is 26.5 Å². The molecule has 0 aliphatic carbocycles. The van der Waals surface area contributed by atoms with Gasteiger partial charge in [-0.05, 0) is 31.5 Å². The molecule has 6 nitrogen and oxygen atoms in total. The third-order valence-corrected chi connectivity index (χ3v) is 3.43. The smallest absolute Gasteiger partial charge is 0.327 e. The van der Waals surface area contributed by atoms with Gasteiger partial charge in [0, 0.05) is 12.6 Å². The fourth-order valence-electron chi connectivity index (χ4n) is 2.27. The molecule has 21 heavy (non-hydrogen) atoms. The summed E-state index contributed by atoms with van der Waals surface area (Å²) in [6.07, 6.45) is -0.618. The topological polar surface area (TPSA) is 70.1 Å². The van der Waals surface area contributed by atoms with Crippen LogP contribution in [-0.4, -0.2) is 47.0 Å². The van der Waals surface area contributed by atoms with Crippen LogP contribution in [0, 0.1) is 0 Å². The Morgan fingerprint density at radius 1 is 1.38 bits per heavy atom. The van der Waals surface area contributed by atoms with Gasteiger partial charge in [0.05, 0.1) is 19.3 Å². The number of ether oxygens (including phenoxy) is 1. The number of amides is 3. The molecule has 0 radical (unpaired) electrons. The summed E-state index contributed by atoms with van der Waals surface area (Å²) in [4.78, 5) is 26.4. The first kappa shape index (κ1) is 15.3. The van der Waals surface area contributed by atoms with E-state index >= 15 is 0 Å². The van der Waals surface area contributed by atoms with Crippen LogP contribution >= 0.6 is 0 Å². The molecule has 1 fully saturated rings. The number of aliphatic hydroxyl groups is 1. The second-order valence-corrected chi connectivity index (χ2v) is 5.09. The molecule has 1 aromatic carbocycles. The molecule has 0 spiro atoms. The molecule has 1 atom stereocenters. The Bertz CT molecular complexity index is 557. The van der Waals surface area contributed by atoms with Gasteiger partial charge in [0.25, 0.3) is 5.91 Å². The van der Waals surface area contributed by atoms with Gasteiger partial charge >= 0.3 is 6.03 Å². The van der Waals surface area contributed by atoms with Gasteiger partial charge in [-0.2, -0.15) is 0 Å². The second-order valence-electron chi connectivity index (χ2n) is 5.09. The summed E-state index contributed by atoms with van der Waals surface area (Å²) >= 11 is 0. The second kappa shape index (κ2) is 6.13. The first-order valence-corrected chi connectivity index (χ1v) is 6.93. The van der Waals surface area contributed by atoms with Crippen LogP contribution in [0.1, 0.15) is 31.1 Å². The van der Waals surface area contributed by atoms with Crippen molar-refractivity contribution in [2.75, 3.05) is 20.2 Å². The fourth-order valence-corrected chi connectivity index (χ4v) is 2.27. The van der Waals surface area contributed by atoms with Gasteiger partial charge in [-0.1, -0.05) is 6.07 Å². The van der Waals surface area contributed by atoms with Crippen molar-refractivity contribution in [3.05, 3.63) is 29.3 Å². The maximum atomic E-state index is 11.9. The lowest BCUT2D eigenvalue weighted by Crippen LogP contribution is -2.31. The Morgan fingerprint density at radius 3 is 2.62 bits per heavy atom. The van der Waals surface area contributed by atoms with Crippen LogP contribution in [0.15, 0.2) is 18.2 Å². The van der Waals surface area contributed by atoms with Crippen molar-refractivity contribution in [2.24, 2.45) is 0 Å². The predicted molar refractivity (Wildman–Crippen MR) is 76.8 cm³/mol. The molecular weight excluding hydrogens is 272 g/mol. The molecule has 0 aromatic heterocycles. The van der Waals surface area contributed by atoms with Crippen molar-refractivity contribution in [3.63, 3.8) is 0 Å². The standard InChI is InChI=1S/C15H20N2O4/c1-4-21-13-6-5-11(10(2)18)7-12(13)8-17-14(19)9-16(3)15(17)20/h5-7,10,18H,4,8-9H2,1-3H3. The molecule has 1 unspecified atom stereocenters. The Labute approximate surface area is 123 Å². The Morgan fingerprint density at radius 2 is 2.10 bits per heavy atom. The average molecular weight is 292 g/mol. The SMILES string of the molecule is CCOc1ccc(C(C)O)cc1CN1C(=O)CN(C)C1=O. The maximum absolute atomic E-state index is 11.9. The van der Waals surface area contributed by atoms with Crippen LogP contribution in [0.25, 0.3) is 0 Å². The number of hydrogen-bond acceptors (Lipinski definition) is 4. The largest absolute Gasteiger partial charge is 0.494 e. The van der Waals surface area contributed by atoms with Crippen LogP contribution in [0.3, 0.4) is 0 Å². The van der Waals surface area contributed by atoms with Crippen LogP contribution in [0.4, 0.5) is 4.79 Å². The summed E-state index contributed by atoms with van der Waals surface area (Å²) in [6.45, 7) is 4.27. The molecule has 2 rings (SSSR count). The van der Waals surface area contributed by atoms with Gasteiger partial charge in [-0.25, -0.2) is 4.79 Å². The third kappa shape index (κ3) is 3.16. The summed E-state index contributed by atoms with van der Waals surface area (Å²) < 4.78 is 5.53.